The quantitative estimate of drug-likeness (QED) is 0.435. The molecule has 1 fully saturated rings. The van der Waals surface area contributed by atoms with E-state index in [-0.39, 0.29) is 28.5 Å². The van der Waals surface area contributed by atoms with Crippen molar-refractivity contribution in [1.29, 1.82) is 0 Å². The second-order valence-electron chi connectivity index (χ2n) is 9.03. The molecule has 0 unspecified atom stereocenters. The molecular formula is C26H41NO7. The normalized spacial score (nSPS) is 16.7. The molecule has 8 heteroatoms. The molecule has 0 aliphatic heterocycles. The Kier molecular flexibility index (Phi) is 14.8. The van der Waals surface area contributed by atoms with Gasteiger partial charge in [0, 0.05) is 24.9 Å². The summed E-state index contributed by atoms with van der Waals surface area (Å²) in [6, 6.07) is 12.6. The van der Waals surface area contributed by atoms with Crippen LogP contribution in [-0.4, -0.2) is 41.0 Å². The van der Waals surface area contributed by atoms with E-state index in [1.807, 2.05) is 25.3 Å². The van der Waals surface area contributed by atoms with Crippen LogP contribution in [0.5, 0.6) is 5.75 Å². The number of aromatic nitrogens is 1. The van der Waals surface area contributed by atoms with Gasteiger partial charge in [-0.25, -0.2) is 4.79 Å². The van der Waals surface area contributed by atoms with Gasteiger partial charge in [-0.15, -0.1) is 0 Å². The average Bonchev–Trinajstić information content (AvgIpc) is 3.21. The van der Waals surface area contributed by atoms with Crippen LogP contribution in [-0.2, 0) is 9.47 Å². The molecule has 2 atom stereocenters. The number of pyridine rings is 1. The topological polar surface area (TPSA) is 130 Å². The lowest BCUT2D eigenvalue weighted by atomic mass is 10.1. The van der Waals surface area contributed by atoms with Crippen LogP contribution >= 0.6 is 0 Å². The average molecular weight is 480 g/mol. The van der Waals surface area contributed by atoms with Crippen LogP contribution in [0.3, 0.4) is 0 Å². The third-order valence-corrected chi connectivity index (χ3v) is 5.15. The summed E-state index contributed by atoms with van der Waals surface area (Å²) in [5.41, 5.74) is 1.00. The first-order valence-corrected chi connectivity index (χ1v) is 11.4. The molecule has 192 valence electrons. The van der Waals surface area contributed by atoms with Crippen LogP contribution in [0.15, 0.2) is 53.5 Å². The van der Waals surface area contributed by atoms with Gasteiger partial charge in [-0.3, -0.25) is 4.79 Å². The third kappa shape index (κ3) is 11.4. The highest BCUT2D eigenvalue weighted by molar-refractivity contribution is 5.63. The summed E-state index contributed by atoms with van der Waals surface area (Å²) in [6.07, 6.45) is 4.25. The first-order valence-electron chi connectivity index (χ1n) is 11.4. The zero-order valence-corrected chi connectivity index (χ0v) is 21.0. The fraction of sp³-hybridized carbons (Fsp3) is 0.538. The minimum atomic E-state index is -0.683. The van der Waals surface area contributed by atoms with Crippen LogP contribution in [0.4, 0.5) is 4.79 Å². The summed E-state index contributed by atoms with van der Waals surface area (Å²) in [5, 5.41) is 0. The van der Waals surface area contributed by atoms with Gasteiger partial charge in [-0.2, -0.15) is 0 Å². The van der Waals surface area contributed by atoms with Gasteiger partial charge in [0.25, 0.3) is 5.56 Å². The summed E-state index contributed by atoms with van der Waals surface area (Å²) in [5.74, 6) is 1.39. The number of nitrogens with zero attached hydrogens (tertiary/aromatic N) is 1. The van der Waals surface area contributed by atoms with Gasteiger partial charge in [0.05, 0.1) is 12.7 Å². The molecule has 4 N–H and O–H groups in total. The first-order chi connectivity index (χ1) is 15.2. The lowest BCUT2D eigenvalue weighted by Crippen LogP contribution is -2.23. The van der Waals surface area contributed by atoms with Crippen LogP contribution < -0.4 is 10.3 Å². The highest BCUT2D eigenvalue weighted by Gasteiger charge is 2.27. The lowest BCUT2D eigenvalue weighted by Gasteiger charge is -2.15. The molecule has 0 spiro atoms. The predicted octanol–water partition coefficient (Wildman–Crippen LogP) is 4.13. The standard InChI is InChI=1S/C19H21NO4.C7H16O.2H2O/c1-14-9-10-20(18(21)11-14)16-8-7-15(12-16)13-23-19(22)24-17-5-3-2-4-6-17;1-6(2)5-8-7(3)4;;/h2-6,9-11,15-16H,7-8,12-13H2,1H3;6-7H,5H2,1-4H3;2*1H2/t15-,16+;;;/m1.../s1. The molecule has 1 aliphatic rings. The Morgan fingerprint density at radius 1 is 1.06 bits per heavy atom. The molecule has 2 aromatic rings. The van der Waals surface area contributed by atoms with Gasteiger partial charge in [-0.05, 0) is 75.6 Å². The monoisotopic (exact) mass is 479 g/mol. The third-order valence-electron chi connectivity index (χ3n) is 5.15. The van der Waals surface area contributed by atoms with E-state index in [4.69, 9.17) is 14.2 Å². The van der Waals surface area contributed by atoms with Gasteiger partial charge in [0.2, 0.25) is 0 Å². The smallest absolute Gasteiger partial charge is 0.434 e. The van der Waals surface area contributed by atoms with Crippen LogP contribution in [0.25, 0.3) is 0 Å². The summed E-state index contributed by atoms with van der Waals surface area (Å²) < 4.78 is 17.4. The summed E-state index contributed by atoms with van der Waals surface area (Å²) in [6.45, 7) is 11.5. The van der Waals surface area contributed by atoms with Gasteiger partial charge >= 0.3 is 6.16 Å². The SMILES string of the molecule is CC(C)COC(C)C.Cc1ccn([C@H]2CC[C@@H](COC(=O)Oc3ccccc3)C2)c(=O)c1.O.O. The number of benzene rings is 1. The molecule has 1 aromatic heterocycles. The second-order valence-corrected chi connectivity index (χ2v) is 9.03. The molecule has 3 rings (SSSR count). The second kappa shape index (κ2) is 16.0. The number of carbonyl (C=O) groups is 1. The molecule has 0 amide bonds. The molecule has 1 saturated carbocycles. The van der Waals surface area contributed by atoms with E-state index in [2.05, 4.69) is 27.7 Å². The van der Waals surface area contributed by atoms with Crippen molar-refractivity contribution >= 4 is 6.16 Å². The summed E-state index contributed by atoms with van der Waals surface area (Å²) in [4.78, 5) is 23.8. The molecule has 0 saturated heterocycles. The number of para-hydroxylation sites is 1. The largest absolute Gasteiger partial charge is 0.513 e. The van der Waals surface area contributed by atoms with E-state index in [1.54, 1.807) is 34.9 Å². The minimum Gasteiger partial charge on any atom is -0.434 e. The Morgan fingerprint density at radius 2 is 1.74 bits per heavy atom. The van der Waals surface area contributed by atoms with Gasteiger partial charge < -0.3 is 29.7 Å². The molecule has 1 aromatic carbocycles. The fourth-order valence-electron chi connectivity index (χ4n) is 3.53. The molecule has 0 radical (unpaired) electrons. The van der Waals surface area contributed by atoms with Crippen molar-refractivity contribution in [1.82, 2.24) is 4.57 Å². The maximum atomic E-state index is 12.1. The van der Waals surface area contributed by atoms with Gasteiger partial charge in [0.1, 0.15) is 5.75 Å². The molecule has 34 heavy (non-hydrogen) atoms. The maximum absolute atomic E-state index is 12.1. The molecule has 1 heterocycles. The molecule has 1 aliphatic carbocycles. The van der Waals surface area contributed by atoms with Crippen molar-refractivity contribution in [2.45, 2.75) is 66.0 Å². The van der Waals surface area contributed by atoms with Crippen molar-refractivity contribution < 1.29 is 30.0 Å². The van der Waals surface area contributed by atoms with Gasteiger partial charge in [0.15, 0.2) is 0 Å². The maximum Gasteiger partial charge on any atom is 0.513 e. The Bertz CT molecular complexity index is 872. The van der Waals surface area contributed by atoms with Crippen LogP contribution in [0.1, 0.15) is 58.6 Å². The fourth-order valence-corrected chi connectivity index (χ4v) is 3.53. The molecule has 0 bridgehead atoms. The highest BCUT2D eigenvalue weighted by Crippen LogP contribution is 2.34. The number of rotatable bonds is 7. The van der Waals surface area contributed by atoms with Crippen molar-refractivity contribution in [3.63, 3.8) is 0 Å². The highest BCUT2D eigenvalue weighted by atomic mass is 16.7. The van der Waals surface area contributed by atoms with Crippen molar-refractivity contribution in [3.05, 3.63) is 64.6 Å². The van der Waals surface area contributed by atoms with E-state index < -0.39 is 6.16 Å². The lowest BCUT2D eigenvalue weighted by molar-refractivity contribution is 0.0593. The summed E-state index contributed by atoms with van der Waals surface area (Å²) >= 11 is 0. The van der Waals surface area contributed by atoms with Gasteiger partial charge in [-0.1, -0.05) is 32.0 Å². The van der Waals surface area contributed by atoms with Crippen molar-refractivity contribution in [3.8, 4) is 5.75 Å². The van der Waals surface area contributed by atoms with Crippen LogP contribution in [0, 0.1) is 18.8 Å². The van der Waals surface area contributed by atoms with Crippen LogP contribution in [0.2, 0.25) is 0 Å². The molecule has 8 nitrogen and oxygen atoms in total. The number of aryl methyl sites for hydroxylation is 1. The summed E-state index contributed by atoms with van der Waals surface area (Å²) in [7, 11) is 0. The zero-order valence-electron chi connectivity index (χ0n) is 21.0. The van der Waals surface area contributed by atoms with E-state index in [0.29, 0.717) is 24.4 Å². The van der Waals surface area contributed by atoms with Crippen molar-refractivity contribution in [2.75, 3.05) is 13.2 Å². The Balaban J connectivity index is 0.000000947. The number of hydrogen-bond acceptors (Lipinski definition) is 5. The Hall–Kier alpha value is -2.68. The number of carbonyl (C=O) groups excluding carboxylic acids is 1. The first kappa shape index (κ1) is 31.3. The Morgan fingerprint density at radius 3 is 2.29 bits per heavy atom. The van der Waals surface area contributed by atoms with E-state index >= 15 is 0 Å². The van der Waals surface area contributed by atoms with E-state index in [1.165, 1.54) is 0 Å². The molecular weight excluding hydrogens is 438 g/mol. The minimum absolute atomic E-state index is 0. The number of ether oxygens (including phenoxy) is 3. The predicted molar refractivity (Wildman–Crippen MR) is 133 cm³/mol. The zero-order chi connectivity index (χ0) is 23.5. The number of hydrogen-bond donors (Lipinski definition) is 0. The van der Waals surface area contributed by atoms with E-state index in [0.717, 1.165) is 31.4 Å². The van der Waals surface area contributed by atoms with E-state index in [9.17, 15) is 9.59 Å². The Labute approximate surface area is 202 Å². The van der Waals surface area contributed by atoms with Crippen molar-refractivity contribution in [2.24, 2.45) is 11.8 Å².